The number of aliphatic hydroxyl groups is 1. The molecule has 0 heterocycles. The molecule has 0 aromatic rings. The van der Waals surface area contributed by atoms with Gasteiger partial charge in [0.1, 0.15) is 31.3 Å². The third-order valence-corrected chi connectivity index (χ3v) is 5.31. The molecule has 0 aromatic heterocycles. The van der Waals surface area contributed by atoms with E-state index < -0.39 is 59.1 Å². The number of nitrogens with one attached hydrogen (secondary N) is 1. The Morgan fingerprint density at radius 2 is 1.78 bits per heavy atom. The Balaban J connectivity index is 2.10. The van der Waals surface area contributed by atoms with Crippen molar-refractivity contribution >= 4 is 17.8 Å². The van der Waals surface area contributed by atoms with Crippen molar-refractivity contribution in [1.82, 2.24) is 5.32 Å². The van der Waals surface area contributed by atoms with Crippen LogP contribution in [0.3, 0.4) is 0 Å². The number of aliphatic hydroxyl groups excluding tert-OH is 1. The summed E-state index contributed by atoms with van der Waals surface area (Å²) in [5.41, 5.74) is 11.0. The number of Topliss-reactive ketones (excluding diaryl/α,β-unsaturated/α-hetero) is 1. The van der Waals surface area contributed by atoms with Crippen LogP contribution >= 0.6 is 0 Å². The molecule has 18 heteroatoms. The molecule has 6 N–H and O–H groups in total. The second kappa shape index (κ2) is 17.2. The maximum atomic E-state index is 11.9. The van der Waals surface area contributed by atoms with Gasteiger partial charge in [0.2, 0.25) is 5.91 Å². The van der Waals surface area contributed by atoms with Crippen molar-refractivity contribution in [3.63, 3.8) is 0 Å². The van der Waals surface area contributed by atoms with Gasteiger partial charge >= 0.3 is 6.09 Å². The SMILES string of the molecule is NC(=O)C1C(OC(=O)NCCOCCOCC(=O)CCCC(CO[N+](=O)[O-])O[N+](=O)[O-])CCC(N)C1O. The lowest BCUT2D eigenvalue weighted by Crippen LogP contribution is -2.55. The average molecular weight is 539 g/mol. The summed E-state index contributed by atoms with van der Waals surface area (Å²) in [4.78, 5) is 64.2. The van der Waals surface area contributed by atoms with Gasteiger partial charge in [0.25, 0.3) is 10.2 Å². The van der Waals surface area contributed by atoms with Gasteiger partial charge in [-0.3, -0.25) is 9.59 Å². The lowest BCUT2D eigenvalue weighted by atomic mass is 9.80. The molecule has 1 aliphatic rings. The van der Waals surface area contributed by atoms with Gasteiger partial charge in [-0.2, -0.15) is 0 Å². The van der Waals surface area contributed by atoms with E-state index in [1.54, 1.807) is 0 Å². The number of alkyl carbamates (subject to hydrolysis) is 1. The minimum atomic E-state index is -1.20. The monoisotopic (exact) mass is 539 g/mol. The number of ketones is 1. The minimum absolute atomic E-state index is 0.00282. The van der Waals surface area contributed by atoms with Crippen LogP contribution in [0.2, 0.25) is 0 Å². The van der Waals surface area contributed by atoms with Crippen LogP contribution in [0.25, 0.3) is 0 Å². The molecule has 0 aromatic carbocycles. The summed E-state index contributed by atoms with van der Waals surface area (Å²) >= 11 is 0. The zero-order chi connectivity index (χ0) is 27.8. The summed E-state index contributed by atoms with van der Waals surface area (Å²) in [7, 11) is 0. The van der Waals surface area contributed by atoms with Gasteiger partial charge < -0.3 is 45.8 Å². The number of primary amides is 1. The zero-order valence-corrected chi connectivity index (χ0v) is 20.1. The maximum Gasteiger partial charge on any atom is 0.407 e. The Hall–Kier alpha value is -3.35. The summed E-state index contributed by atoms with van der Waals surface area (Å²) in [5, 5.41) is 30.9. The summed E-state index contributed by atoms with van der Waals surface area (Å²) in [6.45, 7) is -0.458. The lowest BCUT2D eigenvalue weighted by Gasteiger charge is -2.36. The highest BCUT2D eigenvalue weighted by Gasteiger charge is 2.42. The van der Waals surface area contributed by atoms with E-state index in [0.29, 0.717) is 6.42 Å². The fourth-order valence-corrected chi connectivity index (χ4v) is 3.52. The van der Waals surface area contributed by atoms with Crippen LogP contribution in [0, 0.1) is 26.1 Å². The van der Waals surface area contributed by atoms with Crippen LogP contribution in [0.4, 0.5) is 4.79 Å². The third kappa shape index (κ3) is 13.5. The van der Waals surface area contributed by atoms with Crippen LogP contribution in [-0.4, -0.2) is 97.0 Å². The van der Waals surface area contributed by atoms with Gasteiger partial charge in [-0.15, -0.1) is 20.2 Å². The molecule has 5 atom stereocenters. The molecule has 0 saturated heterocycles. The van der Waals surface area contributed by atoms with Crippen LogP contribution < -0.4 is 16.8 Å². The van der Waals surface area contributed by atoms with E-state index in [9.17, 15) is 39.7 Å². The van der Waals surface area contributed by atoms with E-state index in [0.717, 1.165) is 0 Å². The Bertz CT molecular complexity index is 771. The molecule has 212 valence electrons. The zero-order valence-electron chi connectivity index (χ0n) is 20.1. The van der Waals surface area contributed by atoms with Crippen molar-refractivity contribution in [1.29, 1.82) is 0 Å². The van der Waals surface area contributed by atoms with Crippen molar-refractivity contribution in [2.24, 2.45) is 17.4 Å². The van der Waals surface area contributed by atoms with Crippen molar-refractivity contribution in [2.45, 2.75) is 56.5 Å². The van der Waals surface area contributed by atoms with Gasteiger partial charge in [-0.25, -0.2) is 4.79 Å². The normalized spacial score (nSPS) is 21.9. The maximum absolute atomic E-state index is 11.9. The molecular weight excluding hydrogens is 506 g/mol. The van der Waals surface area contributed by atoms with Crippen molar-refractivity contribution in [3.8, 4) is 0 Å². The predicted octanol–water partition coefficient (Wildman–Crippen LogP) is -1.78. The quantitative estimate of drug-likeness (QED) is 0.0803. The molecular formula is C19H33N5O13. The first-order chi connectivity index (χ1) is 17.5. The number of carbonyl (C=O) groups is 3. The number of hydrogen-bond acceptors (Lipinski definition) is 14. The number of nitrogens with two attached hydrogens (primary N) is 2. The van der Waals surface area contributed by atoms with E-state index >= 15 is 0 Å². The fraction of sp³-hybridized carbons (Fsp3) is 0.842. The Morgan fingerprint density at radius 1 is 1.08 bits per heavy atom. The van der Waals surface area contributed by atoms with Gasteiger partial charge in [-0.1, -0.05) is 0 Å². The molecule has 1 fully saturated rings. The van der Waals surface area contributed by atoms with Crippen LogP contribution in [0.15, 0.2) is 0 Å². The first-order valence-corrected chi connectivity index (χ1v) is 11.4. The Labute approximate surface area is 211 Å². The molecule has 37 heavy (non-hydrogen) atoms. The van der Waals surface area contributed by atoms with Gasteiger partial charge in [0.05, 0.1) is 25.9 Å². The molecule has 5 unspecified atom stereocenters. The van der Waals surface area contributed by atoms with E-state index in [1.165, 1.54) is 0 Å². The highest BCUT2D eigenvalue weighted by atomic mass is 17.0. The largest absolute Gasteiger partial charge is 0.445 e. The second-order valence-electron chi connectivity index (χ2n) is 8.10. The molecule has 1 rings (SSSR count). The molecule has 1 aliphatic carbocycles. The highest BCUT2D eigenvalue weighted by Crippen LogP contribution is 2.26. The van der Waals surface area contributed by atoms with E-state index in [2.05, 4.69) is 15.0 Å². The smallest absolute Gasteiger partial charge is 0.407 e. The number of carbonyl (C=O) groups excluding carboxylic acids is 3. The van der Waals surface area contributed by atoms with Crippen LogP contribution in [0.5, 0.6) is 0 Å². The lowest BCUT2D eigenvalue weighted by molar-refractivity contribution is -0.790. The van der Waals surface area contributed by atoms with Crippen molar-refractivity contribution in [3.05, 3.63) is 20.2 Å². The predicted molar refractivity (Wildman–Crippen MR) is 119 cm³/mol. The van der Waals surface area contributed by atoms with Crippen molar-refractivity contribution < 1.29 is 53.5 Å². The molecule has 0 spiro atoms. The topological polar surface area (TPSA) is 268 Å². The van der Waals surface area contributed by atoms with E-state index in [-0.39, 0.29) is 64.4 Å². The number of ether oxygens (including phenoxy) is 3. The third-order valence-electron chi connectivity index (χ3n) is 5.31. The Kier molecular flexibility index (Phi) is 14.7. The summed E-state index contributed by atoms with van der Waals surface area (Å²) in [6.07, 6.45) is -3.23. The van der Waals surface area contributed by atoms with Gasteiger partial charge in [0.15, 0.2) is 5.78 Å². The number of nitrogens with zero attached hydrogens (tertiary/aromatic N) is 2. The molecule has 0 aliphatic heterocycles. The van der Waals surface area contributed by atoms with Crippen LogP contribution in [0.1, 0.15) is 32.1 Å². The molecule has 0 bridgehead atoms. The standard InChI is InChI=1S/C19H33N5O13/c20-14-4-5-15(16(17(14)26)18(21)27)36-19(28)22-6-7-33-8-9-34-10-12(25)2-1-3-13(37-24(31)32)11-35-23(29)30/h13-17,26H,1-11,20H2,(H2,21,27)(H,22,28). The van der Waals surface area contributed by atoms with Gasteiger partial charge in [-0.05, 0) is 25.7 Å². The van der Waals surface area contributed by atoms with Gasteiger partial charge in [0, 0.05) is 19.0 Å². The number of rotatable bonds is 19. The second-order valence-corrected chi connectivity index (χ2v) is 8.10. The first kappa shape index (κ1) is 31.7. The van der Waals surface area contributed by atoms with Crippen LogP contribution in [-0.2, 0) is 33.5 Å². The van der Waals surface area contributed by atoms with E-state index in [4.69, 9.17) is 25.7 Å². The summed E-state index contributed by atoms with van der Waals surface area (Å²) < 4.78 is 15.6. The summed E-state index contributed by atoms with van der Waals surface area (Å²) in [6, 6.07) is -0.628. The number of amides is 2. The van der Waals surface area contributed by atoms with Crippen molar-refractivity contribution in [2.75, 3.05) is 39.6 Å². The molecule has 2 amide bonds. The molecule has 1 saturated carbocycles. The highest BCUT2D eigenvalue weighted by molar-refractivity contribution is 5.79. The molecule has 0 radical (unpaired) electrons. The minimum Gasteiger partial charge on any atom is -0.445 e. The number of hydrogen-bond donors (Lipinski definition) is 4. The fourth-order valence-electron chi connectivity index (χ4n) is 3.52. The average Bonchev–Trinajstić information content (AvgIpc) is 2.80. The molecule has 18 nitrogen and oxygen atoms in total. The van der Waals surface area contributed by atoms with E-state index in [1.807, 2.05) is 0 Å². The summed E-state index contributed by atoms with van der Waals surface area (Å²) in [5.74, 6) is -2.19. The Morgan fingerprint density at radius 3 is 2.43 bits per heavy atom. The first-order valence-electron chi connectivity index (χ1n) is 11.4.